The number of halogens is 3. The number of amides is 1. The van der Waals surface area contributed by atoms with E-state index in [1.54, 1.807) is 23.4 Å². The van der Waals surface area contributed by atoms with Crippen LogP contribution in [0.2, 0.25) is 0 Å². The van der Waals surface area contributed by atoms with E-state index >= 15 is 0 Å². The van der Waals surface area contributed by atoms with Gasteiger partial charge in [0.1, 0.15) is 0 Å². The van der Waals surface area contributed by atoms with Gasteiger partial charge in [0.05, 0.1) is 5.56 Å². The van der Waals surface area contributed by atoms with Gasteiger partial charge in [-0.3, -0.25) is 14.8 Å². The summed E-state index contributed by atoms with van der Waals surface area (Å²) in [5, 5.41) is 8.44. The van der Waals surface area contributed by atoms with E-state index in [-0.39, 0.29) is 18.1 Å². The van der Waals surface area contributed by atoms with Crippen LogP contribution in [0.1, 0.15) is 44.0 Å². The molecule has 0 unspecified atom stereocenters. The van der Waals surface area contributed by atoms with Crippen LogP contribution in [0.5, 0.6) is 0 Å². The minimum atomic E-state index is -4.44. The number of hydrogen-bond donors (Lipinski definition) is 0. The Morgan fingerprint density at radius 1 is 1.00 bits per heavy atom. The number of alkyl halides is 3. The average Bonchev–Trinajstić information content (AvgIpc) is 2.82. The van der Waals surface area contributed by atoms with Crippen LogP contribution in [-0.4, -0.2) is 44.1 Å². The van der Waals surface area contributed by atoms with E-state index in [1.165, 1.54) is 5.56 Å². The molecule has 2 aliphatic heterocycles. The van der Waals surface area contributed by atoms with Crippen molar-refractivity contribution in [2.45, 2.75) is 39.0 Å². The highest BCUT2D eigenvalue weighted by Crippen LogP contribution is 2.32. The fraction of sp³-hybridized carbons (Fsp3) is 0.348. The second-order valence-corrected chi connectivity index (χ2v) is 8.36. The van der Waals surface area contributed by atoms with E-state index < -0.39 is 11.7 Å². The van der Waals surface area contributed by atoms with Crippen LogP contribution in [0.4, 0.5) is 19.0 Å². The molecule has 33 heavy (non-hydrogen) atoms. The average molecular weight is 454 g/mol. The summed E-state index contributed by atoms with van der Waals surface area (Å²) in [6.07, 6.45) is 1.25. The summed E-state index contributed by atoms with van der Waals surface area (Å²) in [6.45, 7) is 3.71. The number of nitrogens with zero attached hydrogens (tertiary/aromatic N) is 6. The van der Waals surface area contributed by atoms with E-state index in [0.29, 0.717) is 43.1 Å². The van der Waals surface area contributed by atoms with Crippen molar-refractivity contribution >= 4 is 11.7 Å². The fourth-order valence-electron chi connectivity index (χ4n) is 4.38. The Hall–Kier alpha value is -3.56. The molecule has 5 heterocycles. The number of pyridine rings is 2. The van der Waals surface area contributed by atoms with Crippen molar-refractivity contribution in [1.29, 1.82) is 0 Å². The standard InChI is InChI=1S/C23H21F3N6O/c1-14-8-20(22(33)32-6-3-15-2-5-27-10-17(15)13-32)29-30-21(14)31-7-4-19-16(12-31)9-18(11-28-19)23(24,25)26/h2,5,8-11H,3-4,6-7,12-13H2,1H3. The molecule has 0 fully saturated rings. The Labute approximate surface area is 188 Å². The van der Waals surface area contributed by atoms with Crippen molar-refractivity contribution in [1.82, 2.24) is 25.1 Å². The molecule has 10 heteroatoms. The van der Waals surface area contributed by atoms with Gasteiger partial charge in [0.25, 0.3) is 5.91 Å². The van der Waals surface area contributed by atoms with Gasteiger partial charge in [0.2, 0.25) is 0 Å². The Morgan fingerprint density at radius 3 is 2.64 bits per heavy atom. The van der Waals surface area contributed by atoms with Gasteiger partial charge in [-0.15, -0.1) is 10.2 Å². The number of carbonyl (C=O) groups excluding carboxylic acids is 1. The van der Waals surface area contributed by atoms with Crippen molar-refractivity contribution in [3.8, 4) is 0 Å². The Bertz CT molecular complexity index is 1230. The van der Waals surface area contributed by atoms with Gasteiger partial charge in [-0.05, 0) is 53.8 Å². The number of hydrogen-bond acceptors (Lipinski definition) is 6. The molecule has 170 valence electrons. The molecule has 0 atom stereocenters. The monoisotopic (exact) mass is 454 g/mol. The SMILES string of the molecule is Cc1cc(C(=O)N2CCc3ccncc3C2)nnc1N1CCc2ncc(C(F)(F)F)cc2C1. The highest BCUT2D eigenvalue weighted by molar-refractivity contribution is 5.92. The number of carbonyl (C=O) groups is 1. The van der Waals surface area contributed by atoms with Crippen LogP contribution in [0.25, 0.3) is 0 Å². The van der Waals surface area contributed by atoms with Gasteiger partial charge in [0, 0.05) is 56.9 Å². The topological polar surface area (TPSA) is 75.1 Å². The zero-order valence-electron chi connectivity index (χ0n) is 17.9. The summed E-state index contributed by atoms with van der Waals surface area (Å²) in [6, 6.07) is 4.82. The lowest BCUT2D eigenvalue weighted by Gasteiger charge is -2.31. The van der Waals surface area contributed by atoms with Gasteiger partial charge in [-0.25, -0.2) is 0 Å². The highest BCUT2D eigenvalue weighted by Gasteiger charge is 2.33. The number of aromatic nitrogens is 4. The molecule has 0 saturated heterocycles. The highest BCUT2D eigenvalue weighted by atomic mass is 19.4. The molecule has 0 aromatic carbocycles. The zero-order valence-corrected chi connectivity index (χ0v) is 17.9. The molecule has 0 spiro atoms. The maximum absolute atomic E-state index is 13.1. The predicted octanol–water partition coefficient (Wildman–Crippen LogP) is 3.36. The van der Waals surface area contributed by atoms with E-state index in [2.05, 4.69) is 20.2 Å². The molecule has 2 aliphatic rings. The second kappa shape index (κ2) is 8.09. The molecule has 0 bridgehead atoms. The third-order valence-corrected chi connectivity index (χ3v) is 6.15. The van der Waals surface area contributed by atoms with Crippen LogP contribution in [0.3, 0.4) is 0 Å². The maximum atomic E-state index is 13.1. The van der Waals surface area contributed by atoms with Gasteiger partial charge in [-0.1, -0.05) is 0 Å². The lowest BCUT2D eigenvalue weighted by Crippen LogP contribution is -2.37. The Kier molecular flexibility index (Phi) is 5.22. The van der Waals surface area contributed by atoms with E-state index in [0.717, 1.165) is 29.8 Å². The van der Waals surface area contributed by atoms with Crippen LogP contribution in [0, 0.1) is 6.92 Å². The molecule has 0 radical (unpaired) electrons. The van der Waals surface area contributed by atoms with Gasteiger partial charge in [-0.2, -0.15) is 13.2 Å². The van der Waals surface area contributed by atoms with Crippen LogP contribution < -0.4 is 4.90 Å². The lowest BCUT2D eigenvalue weighted by atomic mass is 10.0. The quantitative estimate of drug-likeness (QED) is 0.591. The molecule has 1 amide bonds. The maximum Gasteiger partial charge on any atom is 0.417 e. The zero-order chi connectivity index (χ0) is 23.2. The summed E-state index contributed by atoms with van der Waals surface area (Å²) in [7, 11) is 0. The molecule has 3 aromatic heterocycles. The number of rotatable bonds is 2. The third kappa shape index (κ3) is 4.12. The lowest BCUT2D eigenvalue weighted by molar-refractivity contribution is -0.137. The van der Waals surface area contributed by atoms with Gasteiger partial charge >= 0.3 is 6.18 Å². The normalized spacial score (nSPS) is 15.8. The van der Waals surface area contributed by atoms with Crippen molar-refractivity contribution in [3.05, 3.63) is 76.0 Å². The van der Waals surface area contributed by atoms with E-state index in [4.69, 9.17) is 0 Å². The molecule has 5 rings (SSSR count). The minimum absolute atomic E-state index is 0.199. The van der Waals surface area contributed by atoms with Crippen LogP contribution in [-0.2, 0) is 32.1 Å². The third-order valence-electron chi connectivity index (χ3n) is 6.15. The molecular formula is C23H21F3N6O. The number of fused-ring (bicyclic) bond motifs is 2. The van der Waals surface area contributed by atoms with E-state index in [1.807, 2.05) is 17.9 Å². The second-order valence-electron chi connectivity index (χ2n) is 8.36. The first-order valence-electron chi connectivity index (χ1n) is 10.6. The van der Waals surface area contributed by atoms with Crippen molar-refractivity contribution in [2.24, 2.45) is 0 Å². The summed E-state index contributed by atoms with van der Waals surface area (Å²) in [4.78, 5) is 24.8. The van der Waals surface area contributed by atoms with Crippen molar-refractivity contribution in [2.75, 3.05) is 18.0 Å². The molecule has 0 saturated carbocycles. The first kappa shape index (κ1) is 21.3. The van der Waals surface area contributed by atoms with Crippen molar-refractivity contribution in [3.63, 3.8) is 0 Å². The number of anilines is 1. The molecule has 0 N–H and O–H groups in total. The van der Waals surface area contributed by atoms with Gasteiger partial charge in [0.15, 0.2) is 11.5 Å². The molecule has 3 aromatic rings. The predicted molar refractivity (Wildman–Crippen MR) is 113 cm³/mol. The summed E-state index contributed by atoms with van der Waals surface area (Å²) >= 11 is 0. The fourth-order valence-corrected chi connectivity index (χ4v) is 4.38. The summed E-state index contributed by atoms with van der Waals surface area (Å²) in [5.41, 5.74) is 3.65. The van der Waals surface area contributed by atoms with E-state index in [9.17, 15) is 18.0 Å². The van der Waals surface area contributed by atoms with Crippen LogP contribution in [0.15, 0.2) is 36.8 Å². The minimum Gasteiger partial charge on any atom is -0.350 e. The first-order chi connectivity index (χ1) is 15.8. The molecule has 7 nitrogen and oxygen atoms in total. The summed E-state index contributed by atoms with van der Waals surface area (Å²) in [5.74, 6) is 0.359. The molecular weight excluding hydrogens is 433 g/mol. The summed E-state index contributed by atoms with van der Waals surface area (Å²) < 4.78 is 39.2. The molecule has 0 aliphatic carbocycles. The smallest absolute Gasteiger partial charge is 0.350 e. The van der Waals surface area contributed by atoms with Gasteiger partial charge < -0.3 is 9.80 Å². The Balaban J connectivity index is 1.34. The number of aryl methyl sites for hydroxylation is 1. The first-order valence-corrected chi connectivity index (χ1v) is 10.6. The van der Waals surface area contributed by atoms with Crippen molar-refractivity contribution < 1.29 is 18.0 Å². The Morgan fingerprint density at radius 2 is 1.85 bits per heavy atom. The largest absolute Gasteiger partial charge is 0.417 e. The van der Waals surface area contributed by atoms with Crippen LogP contribution >= 0.6 is 0 Å².